The molecule has 0 aliphatic rings. The molecular formula is C12H21N3. The van der Waals surface area contributed by atoms with E-state index >= 15 is 0 Å². The van der Waals surface area contributed by atoms with Gasteiger partial charge in [-0.1, -0.05) is 33.3 Å². The van der Waals surface area contributed by atoms with Crippen LogP contribution < -0.4 is 11.3 Å². The fourth-order valence-electron chi connectivity index (χ4n) is 1.78. The van der Waals surface area contributed by atoms with Gasteiger partial charge in [-0.2, -0.15) is 0 Å². The fourth-order valence-corrected chi connectivity index (χ4v) is 1.78. The number of rotatable bonds is 5. The third-order valence-corrected chi connectivity index (χ3v) is 2.99. The number of aryl methyl sites for hydroxylation is 1. The molecule has 15 heavy (non-hydrogen) atoms. The summed E-state index contributed by atoms with van der Waals surface area (Å²) in [5.41, 5.74) is 5.25. The second-order valence-electron chi connectivity index (χ2n) is 3.93. The number of hydrogen-bond acceptors (Lipinski definition) is 3. The van der Waals surface area contributed by atoms with Gasteiger partial charge >= 0.3 is 0 Å². The van der Waals surface area contributed by atoms with Crippen molar-refractivity contribution in [1.82, 2.24) is 10.4 Å². The summed E-state index contributed by atoms with van der Waals surface area (Å²) < 4.78 is 0. The standard InChI is InChI=1S/C12H21N3/c1-4-9(3)11(15-13)12-10(5-2)7-6-8-14-12/h6-9,11,15H,4-5,13H2,1-3H3. The zero-order chi connectivity index (χ0) is 11.3. The van der Waals surface area contributed by atoms with Crippen molar-refractivity contribution in [2.75, 3.05) is 0 Å². The van der Waals surface area contributed by atoms with E-state index in [-0.39, 0.29) is 6.04 Å². The molecule has 0 spiro atoms. The quantitative estimate of drug-likeness (QED) is 0.575. The Morgan fingerprint density at radius 2 is 2.20 bits per heavy atom. The van der Waals surface area contributed by atoms with Gasteiger partial charge in [0.15, 0.2) is 0 Å². The van der Waals surface area contributed by atoms with Gasteiger partial charge in [0.1, 0.15) is 0 Å². The molecule has 1 heterocycles. The van der Waals surface area contributed by atoms with Crippen molar-refractivity contribution in [3.05, 3.63) is 29.6 Å². The minimum Gasteiger partial charge on any atom is -0.271 e. The molecule has 1 aromatic rings. The van der Waals surface area contributed by atoms with E-state index in [1.807, 2.05) is 12.3 Å². The Bertz CT molecular complexity index is 299. The van der Waals surface area contributed by atoms with Gasteiger partial charge in [0.05, 0.1) is 11.7 Å². The summed E-state index contributed by atoms with van der Waals surface area (Å²) in [6.45, 7) is 6.51. The molecular weight excluding hydrogens is 186 g/mol. The average molecular weight is 207 g/mol. The maximum atomic E-state index is 5.61. The summed E-state index contributed by atoms with van der Waals surface area (Å²) in [7, 11) is 0. The van der Waals surface area contributed by atoms with Gasteiger partial charge in [-0.05, 0) is 24.0 Å². The first-order chi connectivity index (χ1) is 7.24. The lowest BCUT2D eigenvalue weighted by Gasteiger charge is -2.23. The highest BCUT2D eigenvalue weighted by Crippen LogP contribution is 2.24. The van der Waals surface area contributed by atoms with Gasteiger partial charge in [-0.15, -0.1) is 0 Å². The van der Waals surface area contributed by atoms with Crippen LogP contribution in [0.15, 0.2) is 18.3 Å². The molecule has 3 heteroatoms. The van der Waals surface area contributed by atoms with E-state index < -0.39 is 0 Å². The second kappa shape index (κ2) is 5.83. The summed E-state index contributed by atoms with van der Waals surface area (Å²) in [5.74, 6) is 6.11. The molecule has 0 aliphatic carbocycles. The average Bonchev–Trinajstić information content (AvgIpc) is 2.30. The maximum absolute atomic E-state index is 5.61. The Kier molecular flexibility index (Phi) is 4.72. The van der Waals surface area contributed by atoms with E-state index in [0.717, 1.165) is 18.5 Å². The maximum Gasteiger partial charge on any atom is 0.0660 e. The lowest BCUT2D eigenvalue weighted by molar-refractivity contribution is 0.373. The van der Waals surface area contributed by atoms with Crippen LogP contribution in [0.25, 0.3) is 0 Å². The molecule has 2 unspecified atom stereocenters. The van der Waals surface area contributed by atoms with Crippen molar-refractivity contribution >= 4 is 0 Å². The number of aromatic nitrogens is 1. The van der Waals surface area contributed by atoms with Crippen LogP contribution in [-0.4, -0.2) is 4.98 Å². The van der Waals surface area contributed by atoms with Crippen molar-refractivity contribution in [3.8, 4) is 0 Å². The van der Waals surface area contributed by atoms with Crippen LogP contribution >= 0.6 is 0 Å². The number of pyridine rings is 1. The van der Waals surface area contributed by atoms with E-state index in [0.29, 0.717) is 5.92 Å². The van der Waals surface area contributed by atoms with Crippen molar-refractivity contribution in [1.29, 1.82) is 0 Å². The van der Waals surface area contributed by atoms with E-state index in [4.69, 9.17) is 5.84 Å². The van der Waals surface area contributed by atoms with Gasteiger partial charge < -0.3 is 0 Å². The van der Waals surface area contributed by atoms with Gasteiger partial charge in [0, 0.05) is 6.20 Å². The van der Waals surface area contributed by atoms with Gasteiger partial charge in [0.25, 0.3) is 0 Å². The minimum atomic E-state index is 0.158. The topological polar surface area (TPSA) is 50.9 Å². The lowest BCUT2D eigenvalue weighted by atomic mass is 9.93. The molecule has 3 N–H and O–H groups in total. The molecule has 0 fully saturated rings. The predicted octanol–water partition coefficient (Wildman–Crippen LogP) is 2.19. The van der Waals surface area contributed by atoms with Crippen LogP contribution in [0.4, 0.5) is 0 Å². The molecule has 1 aromatic heterocycles. The Labute approximate surface area is 92.1 Å². The first-order valence-electron chi connectivity index (χ1n) is 5.64. The molecule has 3 nitrogen and oxygen atoms in total. The zero-order valence-electron chi connectivity index (χ0n) is 9.83. The molecule has 0 saturated heterocycles. The highest BCUT2D eigenvalue weighted by molar-refractivity contribution is 5.23. The molecule has 2 atom stereocenters. The second-order valence-corrected chi connectivity index (χ2v) is 3.93. The van der Waals surface area contributed by atoms with E-state index in [2.05, 4.69) is 37.2 Å². The number of hydrazine groups is 1. The fraction of sp³-hybridized carbons (Fsp3) is 0.583. The van der Waals surface area contributed by atoms with E-state index in [1.165, 1.54) is 5.56 Å². The van der Waals surface area contributed by atoms with Crippen LogP contribution in [-0.2, 0) is 6.42 Å². The van der Waals surface area contributed by atoms with Crippen molar-refractivity contribution in [3.63, 3.8) is 0 Å². The molecule has 1 rings (SSSR count). The third kappa shape index (κ3) is 2.76. The summed E-state index contributed by atoms with van der Waals surface area (Å²) in [5, 5.41) is 0. The number of nitrogens with zero attached hydrogens (tertiary/aromatic N) is 1. The van der Waals surface area contributed by atoms with Crippen LogP contribution in [0.1, 0.15) is 44.5 Å². The first kappa shape index (κ1) is 12.1. The van der Waals surface area contributed by atoms with Gasteiger partial charge in [-0.25, -0.2) is 0 Å². The van der Waals surface area contributed by atoms with Crippen molar-refractivity contribution in [2.45, 2.75) is 39.7 Å². The van der Waals surface area contributed by atoms with Crippen molar-refractivity contribution < 1.29 is 0 Å². The summed E-state index contributed by atoms with van der Waals surface area (Å²) in [6, 6.07) is 4.26. The zero-order valence-corrected chi connectivity index (χ0v) is 9.83. The molecule has 0 saturated carbocycles. The lowest BCUT2D eigenvalue weighted by Crippen LogP contribution is -2.33. The van der Waals surface area contributed by atoms with Crippen LogP contribution in [0, 0.1) is 5.92 Å². The molecule has 0 bridgehead atoms. The molecule has 0 radical (unpaired) electrons. The largest absolute Gasteiger partial charge is 0.271 e. The Morgan fingerprint density at radius 1 is 1.47 bits per heavy atom. The van der Waals surface area contributed by atoms with Crippen LogP contribution in [0.5, 0.6) is 0 Å². The molecule has 84 valence electrons. The Morgan fingerprint density at radius 3 is 2.73 bits per heavy atom. The van der Waals surface area contributed by atoms with E-state index in [1.54, 1.807) is 0 Å². The third-order valence-electron chi connectivity index (χ3n) is 2.99. The summed E-state index contributed by atoms with van der Waals surface area (Å²) in [4.78, 5) is 4.45. The number of nitrogens with one attached hydrogen (secondary N) is 1. The summed E-state index contributed by atoms with van der Waals surface area (Å²) in [6.07, 6.45) is 3.92. The minimum absolute atomic E-state index is 0.158. The van der Waals surface area contributed by atoms with Gasteiger partial charge in [0.2, 0.25) is 0 Å². The van der Waals surface area contributed by atoms with Crippen molar-refractivity contribution in [2.24, 2.45) is 11.8 Å². The SMILES string of the molecule is CCc1cccnc1C(NN)C(C)CC. The number of nitrogens with two attached hydrogens (primary N) is 1. The van der Waals surface area contributed by atoms with Crippen LogP contribution in [0.2, 0.25) is 0 Å². The Balaban J connectivity index is 3.00. The first-order valence-corrected chi connectivity index (χ1v) is 5.64. The highest BCUT2D eigenvalue weighted by atomic mass is 15.2. The highest BCUT2D eigenvalue weighted by Gasteiger charge is 2.19. The molecule has 0 aliphatic heterocycles. The smallest absolute Gasteiger partial charge is 0.0660 e. The van der Waals surface area contributed by atoms with Crippen LogP contribution in [0.3, 0.4) is 0 Å². The molecule has 0 amide bonds. The Hall–Kier alpha value is -0.930. The predicted molar refractivity (Wildman–Crippen MR) is 63.1 cm³/mol. The summed E-state index contributed by atoms with van der Waals surface area (Å²) >= 11 is 0. The van der Waals surface area contributed by atoms with E-state index in [9.17, 15) is 0 Å². The van der Waals surface area contributed by atoms with Gasteiger partial charge in [-0.3, -0.25) is 16.3 Å². The molecule has 0 aromatic carbocycles. The number of hydrogen-bond donors (Lipinski definition) is 2. The monoisotopic (exact) mass is 207 g/mol. The normalized spacial score (nSPS) is 14.9.